The van der Waals surface area contributed by atoms with Crippen LogP contribution in [0.3, 0.4) is 0 Å². The molecule has 2 rings (SSSR count). The predicted octanol–water partition coefficient (Wildman–Crippen LogP) is -0.498. The van der Waals surface area contributed by atoms with Crippen molar-refractivity contribution < 1.29 is 18.0 Å². The molecule has 0 saturated carbocycles. The molecule has 2 aliphatic rings. The molecule has 0 aliphatic carbocycles. The lowest BCUT2D eigenvalue weighted by Gasteiger charge is -2.26. The monoisotopic (exact) mass is 289 g/mol. The maximum absolute atomic E-state index is 12.2. The summed E-state index contributed by atoms with van der Waals surface area (Å²) in [6.07, 6.45) is 4.14. The van der Waals surface area contributed by atoms with Crippen LogP contribution in [0, 0.1) is 0 Å². The number of hydrogen-bond donors (Lipinski definition) is 2. The van der Waals surface area contributed by atoms with Gasteiger partial charge < -0.3 is 0 Å². The molecule has 0 aromatic carbocycles. The Kier molecular flexibility index (Phi) is 4.54. The Morgan fingerprint density at radius 3 is 2.32 bits per heavy atom. The largest absolute Gasteiger partial charge is 0.295 e. The summed E-state index contributed by atoms with van der Waals surface area (Å²) in [7, 11) is -3.65. The normalized spacial score (nSPS) is 26.8. The van der Waals surface area contributed by atoms with Crippen molar-refractivity contribution in [3.63, 3.8) is 0 Å². The van der Waals surface area contributed by atoms with E-state index < -0.39 is 22.2 Å². The number of nitrogens with zero attached hydrogens (tertiary/aromatic N) is 1. The van der Waals surface area contributed by atoms with E-state index in [1.165, 1.54) is 4.31 Å². The zero-order valence-electron chi connectivity index (χ0n) is 10.7. The lowest BCUT2D eigenvalue weighted by molar-refractivity contribution is -0.134. The second-order valence-electron chi connectivity index (χ2n) is 4.94. The highest BCUT2D eigenvalue weighted by molar-refractivity contribution is 7.87. The average Bonchev–Trinajstić information content (AvgIpc) is 2.62. The number of hydrogen-bond acceptors (Lipinski definition) is 4. The van der Waals surface area contributed by atoms with Gasteiger partial charge >= 0.3 is 0 Å². The van der Waals surface area contributed by atoms with Crippen LogP contribution in [0.1, 0.15) is 38.5 Å². The van der Waals surface area contributed by atoms with Gasteiger partial charge in [-0.15, -0.1) is 0 Å². The number of amides is 2. The molecule has 0 aromatic heterocycles. The average molecular weight is 289 g/mol. The molecule has 2 N–H and O–H groups in total. The summed E-state index contributed by atoms with van der Waals surface area (Å²) in [4.78, 5) is 22.6. The number of nitrogens with one attached hydrogen (secondary N) is 2. The van der Waals surface area contributed by atoms with Gasteiger partial charge in [-0.2, -0.15) is 17.4 Å². The van der Waals surface area contributed by atoms with Gasteiger partial charge in [0.05, 0.1) is 0 Å². The van der Waals surface area contributed by atoms with Crippen molar-refractivity contribution in [2.45, 2.75) is 44.6 Å². The van der Waals surface area contributed by atoms with Gasteiger partial charge in [0.2, 0.25) is 11.8 Å². The smallest absolute Gasteiger partial charge is 0.280 e. The molecule has 2 aliphatic heterocycles. The Morgan fingerprint density at radius 1 is 1.11 bits per heavy atom. The Morgan fingerprint density at radius 2 is 1.74 bits per heavy atom. The molecular formula is C11H19N3O4S. The van der Waals surface area contributed by atoms with E-state index in [2.05, 4.69) is 10.0 Å². The van der Waals surface area contributed by atoms with Crippen LogP contribution in [0.25, 0.3) is 0 Å². The van der Waals surface area contributed by atoms with E-state index in [9.17, 15) is 18.0 Å². The van der Waals surface area contributed by atoms with Crippen molar-refractivity contribution in [1.82, 2.24) is 14.3 Å². The van der Waals surface area contributed by atoms with Crippen molar-refractivity contribution in [2.24, 2.45) is 0 Å². The third-order valence-corrected chi connectivity index (χ3v) is 5.06. The number of piperidine rings is 1. The summed E-state index contributed by atoms with van der Waals surface area (Å²) in [5.41, 5.74) is 0. The predicted molar refractivity (Wildman–Crippen MR) is 68.3 cm³/mol. The summed E-state index contributed by atoms with van der Waals surface area (Å²) in [6, 6.07) is -0.842. The summed E-state index contributed by atoms with van der Waals surface area (Å²) in [5.74, 6) is -0.912. The molecule has 2 saturated heterocycles. The molecule has 2 fully saturated rings. The van der Waals surface area contributed by atoms with Crippen molar-refractivity contribution in [1.29, 1.82) is 0 Å². The molecule has 8 heteroatoms. The Labute approximate surface area is 112 Å². The standard InChI is InChI=1S/C11H19N3O4S/c15-10-6-5-9(11(16)12-10)13-19(17,18)14-7-3-1-2-4-8-14/h9,13H,1-8H2,(H,12,15,16). The topological polar surface area (TPSA) is 95.6 Å². The van der Waals surface area contributed by atoms with Crippen LogP contribution in [0.4, 0.5) is 0 Å². The van der Waals surface area contributed by atoms with Gasteiger partial charge in [-0.3, -0.25) is 14.9 Å². The molecule has 2 heterocycles. The third kappa shape index (κ3) is 3.74. The van der Waals surface area contributed by atoms with E-state index in [4.69, 9.17) is 0 Å². The summed E-state index contributed by atoms with van der Waals surface area (Å²) < 4.78 is 28.2. The van der Waals surface area contributed by atoms with E-state index in [1.807, 2.05) is 0 Å². The van der Waals surface area contributed by atoms with Crippen molar-refractivity contribution in [3.05, 3.63) is 0 Å². The number of imide groups is 1. The zero-order chi connectivity index (χ0) is 13.9. The van der Waals surface area contributed by atoms with E-state index in [1.54, 1.807) is 0 Å². The summed E-state index contributed by atoms with van der Waals surface area (Å²) >= 11 is 0. The van der Waals surface area contributed by atoms with Gasteiger partial charge in [-0.1, -0.05) is 12.8 Å². The first-order valence-corrected chi connectivity index (χ1v) is 8.04. The zero-order valence-corrected chi connectivity index (χ0v) is 11.5. The summed E-state index contributed by atoms with van der Waals surface area (Å²) in [6.45, 7) is 0.977. The fraction of sp³-hybridized carbons (Fsp3) is 0.818. The number of rotatable bonds is 3. The van der Waals surface area contributed by atoms with Crippen molar-refractivity contribution in [3.8, 4) is 0 Å². The Bertz CT molecular complexity index is 455. The molecule has 1 atom stereocenters. The van der Waals surface area contributed by atoms with Gasteiger partial charge in [0.15, 0.2) is 0 Å². The molecule has 108 valence electrons. The van der Waals surface area contributed by atoms with Gasteiger partial charge in [-0.05, 0) is 19.3 Å². The highest BCUT2D eigenvalue weighted by atomic mass is 32.2. The molecule has 2 amide bonds. The highest BCUT2D eigenvalue weighted by Gasteiger charge is 2.32. The van der Waals surface area contributed by atoms with E-state index in [0.29, 0.717) is 13.1 Å². The first-order chi connectivity index (χ1) is 8.99. The second-order valence-corrected chi connectivity index (χ2v) is 6.64. The molecule has 19 heavy (non-hydrogen) atoms. The minimum Gasteiger partial charge on any atom is -0.295 e. The van der Waals surface area contributed by atoms with Crippen LogP contribution in [0.5, 0.6) is 0 Å². The highest BCUT2D eigenvalue weighted by Crippen LogP contribution is 2.14. The van der Waals surface area contributed by atoms with E-state index in [-0.39, 0.29) is 18.7 Å². The Hall–Kier alpha value is -0.990. The van der Waals surface area contributed by atoms with Crippen LogP contribution in [0.15, 0.2) is 0 Å². The number of carbonyl (C=O) groups is 2. The minimum absolute atomic E-state index is 0.166. The first-order valence-electron chi connectivity index (χ1n) is 6.60. The maximum Gasteiger partial charge on any atom is 0.280 e. The van der Waals surface area contributed by atoms with E-state index >= 15 is 0 Å². The number of carbonyl (C=O) groups excluding carboxylic acids is 2. The molecule has 0 radical (unpaired) electrons. The van der Waals surface area contributed by atoms with Gasteiger partial charge in [-0.25, -0.2) is 0 Å². The molecule has 0 aromatic rings. The first kappa shape index (κ1) is 14.4. The maximum atomic E-state index is 12.2. The van der Waals surface area contributed by atoms with Gasteiger partial charge in [0, 0.05) is 19.5 Å². The Balaban J connectivity index is 2.00. The van der Waals surface area contributed by atoms with Crippen LogP contribution < -0.4 is 10.0 Å². The lowest BCUT2D eigenvalue weighted by atomic mass is 10.1. The molecular weight excluding hydrogens is 270 g/mol. The van der Waals surface area contributed by atoms with Gasteiger partial charge in [0.1, 0.15) is 6.04 Å². The minimum atomic E-state index is -3.65. The SMILES string of the molecule is O=C1CCC(NS(=O)(=O)N2CCCCCC2)C(=O)N1. The van der Waals surface area contributed by atoms with Crippen molar-refractivity contribution >= 4 is 22.0 Å². The fourth-order valence-corrected chi connectivity index (χ4v) is 3.81. The van der Waals surface area contributed by atoms with Crippen LogP contribution in [-0.2, 0) is 19.8 Å². The molecule has 0 spiro atoms. The van der Waals surface area contributed by atoms with E-state index in [0.717, 1.165) is 25.7 Å². The van der Waals surface area contributed by atoms with Crippen LogP contribution >= 0.6 is 0 Å². The molecule has 1 unspecified atom stereocenters. The lowest BCUT2D eigenvalue weighted by Crippen LogP contribution is -2.55. The van der Waals surface area contributed by atoms with Crippen molar-refractivity contribution in [2.75, 3.05) is 13.1 Å². The quantitative estimate of drug-likeness (QED) is 0.685. The third-order valence-electron chi connectivity index (χ3n) is 3.44. The van der Waals surface area contributed by atoms with Gasteiger partial charge in [0.25, 0.3) is 10.2 Å². The molecule has 7 nitrogen and oxygen atoms in total. The van der Waals surface area contributed by atoms with Crippen LogP contribution in [0.2, 0.25) is 0 Å². The second kappa shape index (κ2) is 5.98. The summed E-state index contributed by atoms with van der Waals surface area (Å²) in [5, 5.41) is 2.14. The molecule has 0 bridgehead atoms. The van der Waals surface area contributed by atoms with Crippen LogP contribution in [-0.4, -0.2) is 43.7 Å². The fourth-order valence-electron chi connectivity index (χ4n) is 2.34.